The lowest BCUT2D eigenvalue weighted by Crippen LogP contribution is -2.53. The van der Waals surface area contributed by atoms with Crippen LogP contribution in [0.25, 0.3) is 0 Å². The van der Waals surface area contributed by atoms with Gasteiger partial charge in [0.1, 0.15) is 12.2 Å². The fourth-order valence-corrected chi connectivity index (χ4v) is 4.40. The van der Waals surface area contributed by atoms with Gasteiger partial charge in [-0.3, -0.25) is 0 Å². The van der Waals surface area contributed by atoms with Crippen LogP contribution < -0.4 is 0 Å². The molecule has 0 radical (unpaired) electrons. The molecule has 0 aromatic rings. The number of esters is 1. The van der Waals surface area contributed by atoms with Crippen LogP contribution in [0.5, 0.6) is 0 Å². The minimum absolute atomic E-state index is 0.0396. The molecule has 0 heterocycles. The zero-order chi connectivity index (χ0) is 20.8. The van der Waals surface area contributed by atoms with Crippen LogP contribution in [0.2, 0.25) is 18.1 Å². The molecule has 0 amide bonds. The Bertz CT molecular complexity index is 517. The molecule has 27 heavy (non-hydrogen) atoms. The maximum atomic E-state index is 12.2. The van der Waals surface area contributed by atoms with E-state index in [1.807, 2.05) is 6.92 Å². The number of carbonyl (C=O) groups excluding carboxylic acids is 1. The van der Waals surface area contributed by atoms with Crippen LogP contribution in [0.15, 0.2) is 11.6 Å². The molecule has 158 valence electrons. The van der Waals surface area contributed by atoms with Gasteiger partial charge >= 0.3 is 5.97 Å². The monoisotopic (exact) mass is 466 g/mol. The van der Waals surface area contributed by atoms with Gasteiger partial charge in [-0.05, 0) is 31.1 Å². The number of methoxy groups -OCH3 is 2. The van der Waals surface area contributed by atoms with E-state index in [0.717, 1.165) is 0 Å². The molecule has 0 bridgehead atoms. The summed E-state index contributed by atoms with van der Waals surface area (Å²) < 4.78 is 29.0. The van der Waals surface area contributed by atoms with Crippen LogP contribution >= 0.6 is 15.9 Å². The molecule has 0 fully saturated rings. The maximum Gasteiger partial charge on any atom is 0.333 e. The standard InChI is InChI=1S/C19H35BrO6Si/c1-9-24-16(12-20)25-14-10-13(18(21)23-6)11-15(17(14)22-5)26-27(7,8)19(2,3)4/h10,14-17H,9,11-12H2,1-8H3/t14-,15+,16?,17+/m0/s1. The predicted octanol–water partition coefficient (Wildman–Crippen LogP) is 4.04. The van der Waals surface area contributed by atoms with Crippen molar-refractivity contribution in [1.82, 2.24) is 0 Å². The zero-order valence-corrected chi connectivity index (χ0v) is 20.4. The summed E-state index contributed by atoms with van der Waals surface area (Å²) in [5.74, 6) is -0.367. The third-order valence-corrected chi connectivity index (χ3v) is 10.3. The average molecular weight is 467 g/mol. The van der Waals surface area contributed by atoms with Gasteiger partial charge in [0.2, 0.25) is 0 Å². The summed E-state index contributed by atoms with van der Waals surface area (Å²) in [6, 6.07) is 0. The Balaban J connectivity index is 3.17. The number of alkyl halides is 1. The Morgan fingerprint density at radius 2 is 1.96 bits per heavy atom. The molecular formula is C19H35BrO6Si. The Hall–Kier alpha value is -0.253. The third-order valence-electron chi connectivity index (χ3n) is 5.24. The number of carbonyl (C=O) groups is 1. The summed E-state index contributed by atoms with van der Waals surface area (Å²) in [5, 5.41) is 0.556. The van der Waals surface area contributed by atoms with Gasteiger partial charge in [-0.25, -0.2) is 4.79 Å². The maximum absolute atomic E-state index is 12.2. The highest BCUT2D eigenvalue weighted by Crippen LogP contribution is 2.40. The summed E-state index contributed by atoms with van der Waals surface area (Å²) >= 11 is 3.41. The largest absolute Gasteiger partial charge is 0.466 e. The van der Waals surface area contributed by atoms with E-state index in [4.69, 9.17) is 23.4 Å². The molecule has 0 saturated carbocycles. The van der Waals surface area contributed by atoms with Crippen molar-refractivity contribution in [3.63, 3.8) is 0 Å². The Morgan fingerprint density at radius 3 is 2.41 bits per heavy atom. The molecule has 1 aliphatic carbocycles. The van der Waals surface area contributed by atoms with Crippen molar-refractivity contribution >= 4 is 30.2 Å². The van der Waals surface area contributed by atoms with E-state index < -0.39 is 20.7 Å². The summed E-state index contributed by atoms with van der Waals surface area (Å²) in [7, 11) is 0.951. The molecule has 8 heteroatoms. The van der Waals surface area contributed by atoms with E-state index in [1.54, 1.807) is 13.2 Å². The fraction of sp³-hybridized carbons (Fsp3) is 0.842. The number of ether oxygens (including phenoxy) is 4. The number of rotatable bonds is 9. The van der Waals surface area contributed by atoms with Crippen molar-refractivity contribution < 1.29 is 28.2 Å². The average Bonchev–Trinajstić information content (AvgIpc) is 2.59. The van der Waals surface area contributed by atoms with E-state index in [1.165, 1.54) is 7.11 Å². The topological polar surface area (TPSA) is 63.2 Å². The van der Waals surface area contributed by atoms with Crippen molar-refractivity contribution in [3.05, 3.63) is 11.6 Å². The summed E-state index contributed by atoms with van der Waals surface area (Å²) in [6.45, 7) is 13.4. The van der Waals surface area contributed by atoms with Gasteiger partial charge in [-0.2, -0.15) is 0 Å². The second-order valence-corrected chi connectivity index (χ2v) is 13.5. The lowest BCUT2D eigenvalue weighted by Gasteiger charge is -2.44. The molecule has 0 spiro atoms. The van der Waals surface area contributed by atoms with E-state index in [2.05, 4.69) is 49.8 Å². The normalized spacial score (nSPS) is 25.1. The fourth-order valence-electron chi connectivity index (χ4n) is 2.74. The van der Waals surface area contributed by atoms with E-state index in [-0.39, 0.29) is 23.2 Å². The second-order valence-electron chi connectivity index (χ2n) is 8.14. The first-order valence-corrected chi connectivity index (χ1v) is 13.4. The lowest BCUT2D eigenvalue weighted by molar-refractivity contribution is -0.184. The summed E-state index contributed by atoms with van der Waals surface area (Å²) in [6.07, 6.45) is 0.666. The van der Waals surface area contributed by atoms with E-state index in [9.17, 15) is 4.79 Å². The van der Waals surface area contributed by atoms with Crippen molar-refractivity contribution in [3.8, 4) is 0 Å². The van der Waals surface area contributed by atoms with Crippen LogP contribution in [0.1, 0.15) is 34.1 Å². The SMILES string of the molecule is CCOC(CBr)O[C@H]1C=C(C(=O)OC)C[C@@H](O[Si](C)(C)C(C)(C)C)[C@@H]1OC. The van der Waals surface area contributed by atoms with Gasteiger partial charge in [-0.1, -0.05) is 36.7 Å². The molecule has 4 atom stereocenters. The quantitative estimate of drug-likeness (QED) is 0.221. The van der Waals surface area contributed by atoms with Crippen molar-refractivity contribution in [2.75, 3.05) is 26.2 Å². The first-order valence-electron chi connectivity index (χ1n) is 9.33. The van der Waals surface area contributed by atoms with E-state index >= 15 is 0 Å². The van der Waals surface area contributed by atoms with E-state index in [0.29, 0.717) is 23.9 Å². The summed E-state index contributed by atoms with van der Waals surface area (Å²) in [4.78, 5) is 12.2. The third kappa shape index (κ3) is 6.64. The first-order chi connectivity index (χ1) is 12.5. The second kappa shape index (κ2) is 10.5. The van der Waals surface area contributed by atoms with Gasteiger partial charge in [-0.15, -0.1) is 0 Å². The van der Waals surface area contributed by atoms with Crippen LogP contribution in [0.3, 0.4) is 0 Å². The number of hydrogen-bond acceptors (Lipinski definition) is 6. The highest BCUT2D eigenvalue weighted by molar-refractivity contribution is 9.09. The molecule has 0 saturated heterocycles. The van der Waals surface area contributed by atoms with Crippen LogP contribution in [0.4, 0.5) is 0 Å². The smallest absolute Gasteiger partial charge is 0.333 e. The molecule has 0 aliphatic heterocycles. The lowest BCUT2D eigenvalue weighted by atomic mass is 9.92. The van der Waals surface area contributed by atoms with Crippen LogP contribution in [0, 0.1) is 0 Å². The van der Waals surface area contributed by atoms with Crippen LogP contribution in [-0.4, -0.2) is 65.0 Å². The number of halogens is 1. The van der Waals surface area contributed by atoms with Gasteiger partial charge in [0.05, 0.1) is 18.5 Å². The predicted molar refractivity (Wildman–Crippen MR) is 112 cm³/mol. The van der Waals surface area contributed by atoms with Gasteiger partial charge in [0.15, 0.2) is 14.6 Å². The highest BCUT2D eigenvalue weighted by Gasteiger charge is 2.45. The van der Waals surface area contributed by atoms with Crippen LogP contribution in [-0.2, 0) is 28.2 Å². The molecular weight excluding hydrogens is 432 g/mol. The zero-order valence-electron chi connectivity index (χ0n) is 17.8. The minimum Gasteiger partial charge on any atom is -0.466 e. The molecule has 1 unspecified atom stereocenters. The Kier molecular flexibility index (Phi) is 9.64. The summed E-state index contributed by atoms with van der Waals surface area (Å²) in [5.41, 5.74) is 0.546. The Morgan fingerprint density at radius 1 is 1.33 bits per heavy atom. The highest BCUT2D eigenvalue weighted by atomic mass is 79.9. The first kappa shape index (κ1) is 24.8. The van der Waals surface area contributed by atoms with Crippen molar-refractivity contribution in [2.45, 2.75) is 76.8 Å². The minimum atomic E-state index is -2.07. The van der Waals surface area contributed by atoms with Crippen molar-refractivity contribution in [1.29, 1.82) is 0 Å². The molecule has 0 aromatic heterocycles. The van der Waals surface area contributed by atoms with Crippen molar-refractivity contribution in [2.24, 2.45) is 0 Å². The molecule has 0 N–H and O–H groups in total. The Labute approximate surface area is 173 Å². The molecule has 6 nitrogen and oxygen atoms in total. The van der Waals surface area contributed by atoms with Gasteiger partial charge in [0.25, 0.3) is 0 Å². The van der Waals surface area contributed by atoms with Gasteiger partial charge in [0, 0.05) is 25.7 Å². The number of hydrogen-bond donors (Lipinski definition) is 0. The molecule has 1 rings (SSSR count). The molecule has 0 aromatic carbocycles. The van der Waals surface area contributed by atoms with Gasteiger partial charge < -0.3 is 23.4 Å². The molecule has 1 aliphatic rings.